The molecule has 0 unspecified atom stereocenters. The standard InChI is InChI=1S/C19H19ClFN3O3/c1-12(2)23-18(25)19(26)24-22-10-14-9-15(20)6-7-17(14)27-11-13-4-3-5-16(21)8-13/h3-10,12H,11H2,1-2H3,(H,23,25)(H,24,26)/b22-10-. The maximum Gasteiger partial charge on any atom is 0.329 e. The van der Waals surface area contributed by atoms with Gasteiger partial charge >= 0.3 is 11.8 Å². The van der Waals surface area contributed by atoms with E-state index in [1.807, 2.05) is 0 Å². The van der Waals surface area contributed by atoms with Crippen LogP contribution in [-0.2, 0) is 16.2 Å². The van der Waals surface area contributed by atoms with Gasteiger partial charge in [0.1, 0.15) is 18.2 Å². The van der Waals surface area contributed by atoms with E-state index in [1.165, 1.54) is 18.3 Å². The summed E-state index contributed by atoms with van der Waals surface area (Å²) in [6.07, 6.45) is 1.31. The monoisotopic (exact) mass is 391 g/mol. The van der Waals surface area contributed by atoms with Crippen LogP contribution in [0.2, 0.25) is 5.02 Å². The van der Waals surface area contributed by atoms with Gasteiger partial charge in [-0.3, -0.25) is 9.59 Å². The van der Waals surface area contributed by atoms with Crippen molar-refractivity contribution in [3.05, 3.63) is 64.4 Å². The minimum Gasteiger partial charge on any atom is -0.488 e. The van der Waals surface area contributed by atoms with Gasteiger partial charge in [0.25, 0.3) is 0 Å². The van der Waals surface area contributed by atoms with Gasteiger partial charge in [-0.25, -0.2) is 9.82 Å². The number of nitrogens with one attached hydrogen (secondary N) is 2. The van der Waals surface area contributed by atoms with Gasteiger partial charge in [-0.05, 0) is 49.7 Å². The van der Waals surface area contributed by atoms with Gasteiger partial charge in [-0.2, -0.15) is 5.10 Å². The predicted molar refractivity (Wildman–Crippen MR) is 101 cm³/mol. The number of hydrogen-bond acceptors (Lipinski definition) is 4. The lowest BCUT2D eigenvalue weighted by molar-refractivity contribution is -0.139. The van der Waals surface area contributed by atoms with Crippen molar-refractivity contribution in [2.45, 2.75) is 26.5 Å². The maximum absolute atomic E-state index is 13.2. The van der Waals surface area contributed by atoms with Crippen molar-refractivity contribution in [3.8, 4) is 5.75 Å². The van der Waals surface area contributed by atoms with E-state index in [-0.39, 0.29) is 18.5 Å². The highest BCUT2D eigenvalue weighted by atomic mass is 35.5. The van der Waals surface area contributed by atoms with E-state index in [9.17, 15) is 14.0 Å². The molecule has 0 radical (unpaired) electrons. The summed E-state index contributed by atoms with van der Waals surface area (Å²) < 4.78 is 18.9. The topological polar surface area (TPSA) is 79.8 Å². The number of nitrogens with zero attached hydrogens (tertiary/aromatic N) is 1. The first-order valence-electron chi connectivity index (χ1n) is 8.16. The third-order valence-corrected chi connectivity index (χ3v) is 3.49. The molecule has 0 spiro atoms. The van der Waals surface area contributed by atoms with E-state index in [0.717, 1.165) is 0 Å². The Balaban J connectivity index is 2.04. The first-order valence-corrected chi connectivity index (χ1v) is 8.53. The second-order valence-corrected chi connectivity index (χ2v) is 6.36. The lowest BCUT2D eigenvalue weighted by Gasteiger charge is -2.10. The highest BCUT2D eigenvalue weighted by molar-refractivity contribution is 6.35. The van der Waals surface area contributed by atoms with Crippen molar-refractivity contribution < 1.29 is 18.7 Å². The zero-order chi connectivity index (χ0) is 19.8. The van der Waals surface area contributed by atoms with Crippen molar-refractivity contribution in [3.63, 3.8) is 0 Å². The molecular weight excluding hydrogens is 373 g/mol. The number of carbonyl (C=O) groups is 2. The third-order valence-electron chi connectivity index (χ3n) is 3.25. The Kier molecular flexibility index (Phi) is 7.31. The van der Waals surface area contributed by atoms with Crippen molar-refractivity contribution in [1.29, 1.82) is 0 Å². The van der Waals surface area contributed by atoms with E-state index in [2.05, 4.69) is 15.8 Å². The molecule has 2 amide bonds. The van der Waals surface area contributed by atoms with Gasteiger partial charge in [0.05, 0.1) is 6.21 Å². The molecule has 0 saturated heterocycles. The molecule has 0 saturated carbocycles. The summed E-state index contributed by atoms with van der Waals surface area (Å²) in [4.78, 5) is 23.2. The zero-order valence-electron chi connectivity index (χ0n) is 14.8. The number of carbonyl (C=O) groups excluding carboxylic acids is 2. The Hall–Kier alpha value is -2.93. The number of hydrogen-bond donors (Lipinski definition) is 2. The average Bonchev–Trinajstić information content (AvgIpc) is 2.60. The molecule has 2 aromatic rings. The number of halogens is 2. The molecule has 8 heteroatoms. The van der Waals surface area contributed by atoms with Crippen molar-refractivity contribution in [2.75, 3.05) is 0 Å². The molecule has 0 aliphatic heterocycles. The van der Waals surface area contributed by atoms with Crippen LogP contribution in [0, 0.1) is 5.82 Å². The van der Waals surface area contributed by atoms with Gasteiger partial charge in [0.15, 0.2) is 0 Å². The molecule has 142 valence electrons. The second kappa shape index (κ2) is 9.68. The molecule has 2 aromatic carbocycles. The van der Waals surface area contributed by atoms with Crippen LogP contribution in [-0.4, -0.2) is 24.1 Å². The molecule has 0 fully saturated rings. The average molecular weight is 392 g/mol. The summed E-state index contributed by atoms with van der Waals surface area (Å²) in [6, 6.07) is 10.7. The SMILES string of the molecule is CC(C)NC(=O)C(=O)N/N=C\c1cc(Cl)ccc1OCc1cccc(F)c1. The van der Waals surface area contributed by atoms with Gasteiger partial charge in [-0.15, -0.1) is 0 Å². The Labute approximate surface area is 161 Å². The van der Waals surface area contributed by atoms with Gasteiger partial charge in [-0.1, -0.05) is 23.7 Å². The highest BCUT2D eigenvalue weighted by Gasteiger charge is 2.13. The van der Waals surface area contributed by atoms with Crippen molar-refractivity contribution in [2.24, 2.45) is 5.10 Å². The Bertz CT molecular complexity index is 856. The summed E-state index contributed by atoms with van der Waals surface area (Å²) in [5.74, 6) is -1.58. The lowest BCUT2D eigenvalue weighted by atomic mass is 10.2. The molecule has 0 aliphatic carbocycles. The normalized spacial score (nSPS) is 10.9. The van der Waals surface area contributed by atoms with Crippen molar-refractivity contribution in [1.82, 2.24) is 10.7 Å². The van der Waals surface area contributed by atoms with Gasteiger partial charge < -0.3 is 10.1 Å². The number of ether oxygens (including phenoxy) is 1. The molecule has 6 nitrogen and oxygen atoms in total. The summed E-state index contributed by atoms with van der Waals surface area (Å²) in [7, 11) is 0. The fourth-order valence-corrected chi connectivity index (χ4v) is 2.26. The van der Waals surface area contributed by atoms with E-state index < -0.39 is 11.8 Å². The van der Waals surface area contributed by atoms with E-state index >= 15 is 0 Å². The third kappa shape index (κ3) is 6.71. The smallest absolute Gasteiger partial charge is 0.329 e. The maximum atomic E-state index is 13.2. The summed E-state index contributed by atoms with van der Waals surface area (Å²) in [5, 5.41) is 6.65. The fraction of sp³-hybridized carbons (Fsp3) is 0.211. The fourth-order valence-electron chi connectivity index (χ4n) is 2.08. The molecule has 2 rings (SSSR count). The first-order chi connectivity index (χ1) is 12.8. The summed E-state index contributed by atoms with van der Waals surface area (Å²) in [6.45, 7) is 3.62. The van der Waals surface area contributed by atoms with Crippen molar-refractivity contribution >= 4 is 29.6 Å². The molecule has 0 bridgehead atoms. The molecular formula is C19H19ClFN3O3. The predicted octanol–water partition coefficient (Wildman–Crippen LogP) is 3.03. The molecule has 0 aliphatic rings. The number of hydrazone groups is 1. The number of benzene rings is 2. The van der Waals surface area contributed by atoms with Crippen LogP contribution in [0.1, 0.15) is 25.0 Å². The van der Waals surface area contributed by atoms with Crippen LogP contribution >= 0.6 is 11.6 Å². The Morgan fingerprint density at radius 1 is 1.22 bits per heavy atom. The lowest BCUT2D eigenvalue weighted by Crippen LogP contribution is -2.41. The summed E-state index contributed by atoms with van der Waals surface area (Å²) in [5.41, 5.74) is 3.28. The molecule has 0 atom stereocenters. The quantitative estimate of drug-likeness (QED) is 0.451. The van der Waals surface area contributed by atoms with Crippen LogP contribution in [0.15, 0.2) is 47.6 Å². The van der Waals surface area contributed by atoms with Crippen LogP contribution < -0.4 is 15.5 Å². The minimum atomic E-state index is -0.885. The first kappa shape index (κ1) is 20.4. The van der Waals surface area contributed by atoms with E-state index in [0.29, 0.717) is 21.9 Å². The minimum absolute atomic E-state index is 0.142. The zero-order valence-corrected chi connectivity index (χ0v) is 15.6. The van der Waals surface area contributed by atoms with Gasteiger partial charge in [0.2, 0.25) is 0 Å². The van der Waals surface area contributed by atoms with E-state index in [4.69, 9.17) is 16.3 Å². The summed E-state index contributed by atoms with van der Waals surface area (Å²) >= 11 is 5.99. The van der Waals surface area contributed by atoms with E-state index in [1.54, 1.807) is 44.2 Å². The molecule has 27 heavy (non-hydrogen) atoms. The number of amides is 2. The number of rotatable bonds is 6. The van der Waals surface area contributed by atoms with Gasteiger partial charge in [0, 0.05) is 16.6 Å². The molecule has 0 heterocycles. The Morgan fingerprint density at radius 2 is 2.00 bits per heavy atom. The second-order valence-electron chi connectivity index (χ2n) is 5.93. The largest absolute Gasteiger partial charge is 0.488 e. The van der Waals surface area contributed by atoms with Crippen LogP contribution in [0.25, 0.3) is 0 Å². The van der Waals surface area contributed by atoms with Crippen LogP contribution in [0.5, 0.6) is 5.75 Å². The van der Waals surface area contributed by atoms with Crippen LogP contribution in [0.4, 0.5) is 4.39 Å². The van der Waals surface area contributed by atoms with Crippen LogP contribution in [0.3, 0.4) is 0 Å². The highest BCUT2D eigenvalue weighted by Crippen LogP contribution is 2.22. The molecule has 2 N–H and O–H groups in total. The Morgan fingerprint density at radius 3 is 2.70 bits per heavy atom. The molecule has 0 aromatic heterocycles.